The SMILES string of the molecule is CCOC(=O)C1N=C1CCc1ccc(C(C)(C)C)cc1. The molecule has 0 amide bonds. The Hall–Kier alpha value is -1.64. The summed E-state index contributed by atoms with van der Waals surface area (Å²) < 4.78 is 4.95. The van der Waals surface area contributed by atoms with Gasteiger partial charge in [0, 0.05) is 0 Å². The predicted molar refractivity (Wildman–Crippen MR) is 81.3 cm³/mol. The molecule has 1 aliphatic rings. The van der Waals surface area contributed by atoms with Gasteiger partial charge in [-0.25, -0.2) is 4.79 Å². The molecule has 0 bridgehead atoms. The van der Waals surface area contributed by atoms with Crippen LogP contribution in [-0.2, 0) is 21.4 Å². The summed E-state index contributed by atoms with van der Waals surface area (Å²) >= 11 is 0. The second-order valence-corrected chi connectivity index (χ2v) is 6.22. The fourth-order valence-corrected chi connectivity index (χ4v) is 2.18. The smallest absolute Gasteiger partial charge is 0.336 e. The molecule has 2 rings (SSSR count). The van der Waals surface area contributed by atoms with Crippen LogP contribution in [0, 0.1) is 0 Å². The molecular formula is C17H23NO2. The zero-order chi connectivity index (χ0) is 14.8. The molecule has 1 unspecified atom stereocenters. The van der Waals surface area contributed by atoms with Gasteiger partial charge in [-0.3, -0.25) is 4.99 Å². The zero-order valence-corrected chi connectivity index (χ0v) is 12.8. The molecule has 1 aliphatic heterocycles. The molecule has 1 atom stereocenters. The van der Waals surface area contributed by atoms with Crippen LogP contribution < -0.4 is 0 Å². The first kappa shape index (κ1) is 14.8. The summed E-state index contributed by atoms with van der Waals surface area (Å²) in [6.45, 7) is 8.88. The normalized spacial score (nSPS) is 17.6. The first-order valence-electron chi connectivity index (χ1n) is 7.24. The zero-order valence-electron chi connectivity index (χ0n) is 12.8. The third-order valence-electron chi connectivity index (χ3n) is 3.54. The third kappa shape index (κ3) is 3.69. The van der Waals surface area contributed by atoms with Gasteiger partial charge < -0.3 is 4.74 Å². The summed E-state index contributed by atoms with van der Waals surface area (Å²) in [5, 5.41) is 0. The Bertz CT molecular complexity index is 509. The number of aryl methyl sites for hydroxylation is 1. The van der Waals surface area contributed by atoms with Gasteiger partial charge in [0.2, 0.25) is 0 Å². The fraction of sp³-hybridized carbons (Fsp3) is 0.529. The lowest BCUT2D eigenvalue weighted by atomic mass is 9.86. The summed E-state index contributed by atoms with van der Waals surface area (Å²) in [4.78, 5) is 15.6. The molecule has 0 radical (unpaired) electrons. The Morgan fingerprint density at radius 2 is 1.85 bits per heavy atom. The van der Waals surface area contributed by atoms with Crippen LogP contribution in [0.3, 0.4) is 0 Å². The summed E-state index contributed by atoms with van der Waals surface area (Å²) in [5.41, 5.74) is 3.79. The molecule has 1 aromatic rings. The summed E-state index contributed by atoms with van der Waals surface area (Å²) in [5.74, 6) is -0.203. The van der Waals surface area contributed by atoms with Crippen LogP contribution in [-0.4, -0.2) is 24.3 Å². The molecule has 0 saturated carbocycles. The molecule has 3 heteroatoms. The Morgan fingerprint density at radius 3 is 2.40 bits per heavy atom. The molecule has 3 nitrogen and oxygen atoms in total. The molecule has 20 heavy (non-hydrogen) atoms. The Labute approximate surface area is 121 Å². The van der Waals surface area contributed by atoms with Crippen LogP contribution in [0.5, 0.6) is 0 Å². The van der Waals surface area contributed by atoms with E-state index in [0.29, 0.717) is 6.61 Å². The Balaban J connectivity index is 1.81. The number of aliphatic imine (C=N–C) groups is 1. The van der Waals surface area contributed by atoms with Gasteiger partial charge in [0.15, 0.2) is 6.04 Å². The highest BCUT2D eigenvalue weighted by molar-refractivity contribution is 6.16. The lowest BCUT2D eigenvalue weighted by molar-refractivity contribution is -0.142. The second kappa shape index (κ2) is 5.78. The first-order chi connectivity index (χ1) is 9.41. The van der Waals surface area contributed by atoms with Crippen LogP contribution in [0.4, 0.5) is 0 Å². The highest BCUT2D eigenvalue weighted by atomic mass is 16.5. The highest BCUT2D eigenvalue weighted by Gasteiger charge is 2.35. The summed E-state index contributed by atoms with van der Waals surface area (Å²) in [6, 6.07) is 8.43. The van der Waals surface area contributed by atoms with Crippen LogP contribution >= 0.6 is 0 Å². The molecule has 1 heterocycles. The average Bonchev–Trinajstić information content (AvgIpc) is 3.16. The maximum atomic E-state index is 11.4. The minimum Gasteiger partial charge on any atom is -0.464 e. The van der Waals surface area contributed by atoms with Gasteiger partial charge in [-0.2, -0.15) is 0 Å². The van der Waals surface area contributed by atoms with E-state index in [4.69, 9.17) is 4.74 Å². The molecule has 0 spiro atoms. The van der Waals surface area contributed by atoms with Crippen molar-refractivity contribution in [1.29, 1.82) is 0 Å². The molecular weight excluding hydrogens is 250 g/mol. The second-order valence-electron chi connectivity index (χ2n) is 6.22. The lowest BCUT2D eigenvalue weighted by Gasteiger charge is -2.19. The van der Waals surface area contributed by atoms with Crippen molar-refractivity contribution in [2.45, 2.75) is 52.0 Å². The van der Waals surface area contributed by atoms with Crippen molar-refractivity contribution in [2.75, 3.05) is 6.61 Å². The maximum Gasteiger partial charge on any atom is 0.336 e. The number of hydrogen-bond donors (Lipinski definition) is 0. The van der Waals surface area contributed by atoms with Gasteiger partial charge in [0.1, 0.15) is 0 Å². The van der Waals surface area contributed by atoms with Gasteiger partial charge >= 0.3 is 5.97 Å². The van der Waals surface area contributed by atoms with E-state index in [1.807, 2.05) is 6.92 Å². The minimum absolute atomic E-state index is 0.189. The molecule has 1 aromatic carbocycles. The largest absolute Gasteiger partial charge is 0.464 e. The van der Waals surface area contributed by atoms with Crippen LogP contribution in [0.1, 0.15) is 45.2 Å². The number of rotatable bonds is 5. The van der Waals surface area contributed by atoms with Gasteiger partial charge in [0.05, 0.1) is 12.3 Å². The van der Waals surface area contributed by atoms with E-state index in [0.717, 1.165) is 18.6 Å². The van der Waals surface area contributed by atoms with Crippen molar-refractivity contribution < 1.29 is 9.53 Å². The summed E-state index contributed by atoms with van der Waals surface area (Å²) in [6.07, 6.45) is 1.78. The maximum absolute atomic E-state index is 11.4. The van der Waals surface area contributed by atoms with Gasteiger partial charge in [-0.1, -0.05) is 45.0 Å². The van der Waals surface area contributed by atoms with Crippen LogP contribution in [0.15, 0.2) is 29.3 Å². The number of benzene rings is 1. The van der Waals surface area contributed by atoms with Crippen LogP contribution in [0.2, 0.25) is 0 Å². The number of nitrogens with zero attached hydrogens (tertiary/aromatic N) is 1. The average molecular weight is 273 g/mol. The molecule has 0 aromatic heterocycles. The van der Waals surface area contributed by atoms with Crippen molar-refractivity contribution in [3.8, 4) is 0 Å². The molecule has 0 N–H and O–H groups in total. The van der Waals surface area contributed by atoms with Crippen molar-refractivity contribution >= 4 is 11.7 Å². The van der Waals surface area contributed by atoms with E-state index in [-0.39, 0.29) is 17.4 Å². The van der Waals surface area contributed by atoms with E-state index < -0.39 is 0 Å². The first-order valence-corrected chi connectivity index (χ1v) is 7.24. The highest BCUT2D eigenvalue weighted by Crippen LogP contribution is 2.23. The number of carbonyl (C=O) groups is 1. The summed E-state index contributed by atoms with van der Waals surface area (Å²) in [7, 11) is 0. The molecule has 108 valence electrons. The van der Waals surface area contributed by atoms with Crippen molar-refractivity contribution in [2.24, 2.45) is 4.99 Å². The van der Waals surface area contributed by atoms with Crippen LogP contribution in [0.25, 0.3) is 0 Å². The lowest BCUT2D eigenvalue weighted by Crippen LogP contribution is -2.16. The molecule has 0 aliphatic carbocycles. The van der Waals surface area contributed by atoms with Gasteiger partial charge in [-0.15, -0.1) is 0 Å². The number of esters is 1. The fourth-order valence-electron chi connectivity index (χ4n) is 2.18. The van der Waals surface area contributed by atoms with E-state index in [1.54, 1.807) is 0 Å². The standard InChI is InChI=1S/C17H23NO2/c1-5-20-16(19)15-14(18-15)11-8-12-6-9-13(10-7-12)17(2,3)4/h6-7,9-10,15H,5,8,11H2,1-4H3. The van der Waals surface area contributed by atoms with E-state index in [2.05, 4.69) is 50.0 Å². The molecule has 0 saturated heterocycles. The number of hydrogen-bond acceptors (Lipinski definition) is 3. The van der Waals surface area contributed by atoms with Gasteiger partial charge in [-0.05, 0) is 36.3 Å². The van der Waals surface area contributed by atoms with Crippen molar-refractivity contribution in [1.82, 2.24) is 0 Å². The van der Waals surface area contributed by atoms with Crippen molar-refractivity contribution in [3.05, 3.63) is 35.4 Å². The Kier molecular flexibility index (Phi) is 4.26. The quantitative estimate of drug-likeness (QED) is 0.772. The third-order valence-corrected chi connectivity index (χ3v) is 3.54. The topological polar surface area (TPSA) is 38.7 Å². The monoisotopic (exact) mass is 273 g/mol. The van der Waals surface area contributed by atoms with E-state index in [9.17, 15) is 4.79 Å². The number of ether oxygens (including phenoxy) is 1. The predicted octanol–water partition coefficient (Wildman–Crippen LogP) is 3.30. The van der Waals surface area contributed by atoms with E-state index in [1.165, 1.54) is 11.1 Å². The number of carbonyl (C=O) groups excluding carboxylic acids is 1. The van der Waals surface area contributed by atoms with Gasteiger partial charge in [0.25, 0.3) is 0 Å². The molecule has 0 fully saturated rings. The Morgan fingerprint density at radius 1 is 1.20 bits per heavy atom. The van der Waals surface area contributed by atoms with Crippen molar-refractivity contribution in [3.63, 3.8) is 0 Å². The van der Waals surface area contributed by atoms with E-state index >= 15 is 0 Å². The minimum atomic E-state index is -0.288.